The van der Waals surface area contributed by atoms with Gasteiger partial charge in [0.25, 0.3) is 0 Å². The number of phosphoric acid groups is 1. The number of rotatable bonds is 12. The van der Waals surface area contributed by atoms with Gasteiger partial charge in [0.2, 0.25) is 5.91 Å². The minimum absolute atomic E-state index is 0.0704. The highest BCUT2D eigenvalue weighted by molar-refractivity contribution is 7.48. The van der Waals surface area contributed by atoms with Gasteiger partial charge >= 0.3 is 7.82 Å². The molecule has 0 saturated heterocycles. The summed E-state index contributed by atoms with van der Waals surface area (Å²) in [7, 11) is -1.09. The number of amides is 1. The van der Waals surface area contributed by atoms with Crippen molar-refractivity contribution in [2.75, 3.05) is 27.4 Å². The molecule has 0 aliphatic heterocycles. The van der Waals surface area contributed by atoms with Crippen LogP contribution < -0.4 is 5.32 Å². The molecule has 0 heterocycles. The third-order valence-corrected chi connectivity index (χ3v) is 3.63. The van der Waals surface area contributed by atoms with Crippen LogP contribution in [0.5, 0.6) is 0 Å². The number of carbonyl (C=O) groups excluding carboxylic acids is 1. The van der Waals surface area contributed by atoms with Gasteiger partial charge in [-0.2, -0.15) is 0 Å². The van der Waals surface area contributed by atoms with Crippen LogP contribution in [0.1, 0.15) is 39.0 Å². The maximum atomic E-state index is 11.6. The Bertz CT molecular complexity index is 286. The number of carbonyl (C=O) groups is 1. The smallest absolute Gasteiger partial charge is 0.356 e. The van der Waals surface area contributed by atoms with Crippen molar-refractivity contribution in [1.82, 2.24) is 5.32 Å². The van der Waals surface area contributed by atoms with Gasteiger partial charge in [0.05, 0.1) is 13.7 Å². The maximum Gasteiger partial charge on any atom is 0.501 e. The Morgan fingerprint density at radius 2 is 1.84 bits per heavy atom. The summed E-state index contributed by atoms with van der Waals surface area (Å²) in [5, 5.41) is 2.80. The van der Waals surface area contributed by atoms with E-state index in [4.69, 9.17) is 4.52 Å². The average molecular weight is 297 g/mol. The zero-order chi connectivity index (χ0) is 14.6. The van der Waals surface area contributed by atoms with Gasteiger partial charge in [-0.15, -0.1) is 4.67 Å². The number of phosphoric ester groups is 1. The summed E-state index contributed by atoms with van der Waals surface area (Å²) in [5.41, 5.74) is 0. The summed E-state index contributed by atoms with van der Waals surface area (Å²) in [6, 6.07) is 0. The van der Waals surface area contributed by atoms with Gasteiger partial charge in [0.1, 0.15) is 0 Å². The molecule has 8 heteroatoms. The lowest BCUT2D eigenvalue weighted by atomic mass is 10.2. The molecule has 7 nitrogen and oxygen atoms in total. The van der Waals surface area contributed by atoms with E-state index >= 15 is 0 Å². The minimum atomic E-state index is -3.56. The first-order valence-corrected chi connectivity index (χ1v) is 7.83. The Balaban J connectivity index is 3.44. The summed E-state index contributed by atoms with van der Waals surface area (Å²) in [6.07, 6.45) is 4.05. The van der Waals surface area contributed by atoms with Crippen molar-refractivity contribution in [3.8, 4) is 0 Å². The lowest BCUT2D eigenvalue weighted by molar-refractivity contribution is -0.200. The molecule has 1 atom stereocenters. The van der Waals surface area contributed by atoms with Crippen molar-refractivity contribution in [3.05, 3.63) is 0 Å². The van der Waals surface area contributed by atoms with Crippen molar-refractivity contribution >= 4 is 13.7 Å². The predicted octanol–water partition coefficient (Wildman–Crippen LogP) is 2.42. The van der Waals surface area contributed by atoms with Gasteiger partial charge in [-0.25, -0.2) is 9.45 Å². The van der Waals surface area contributed by atoms with Gasteiger partial charge < -0.3 is 5.32 Å². The molecule has 19 heavy (non-hydrogen) atoms. The largest absolute Gasteiger partial charge is 0.501 e. The molecule has 0 rings (SSSR count). The first-order chi connectivity index (χ1) is 9.08. The Labute approximate surface area is 114 Å². The van der Waals surface area contributed by atoms with Crippen LogP contribution in [-0.4, -0.2) is 33.3 Å². The topological polar surface area (TPSA) is 83.1 Å². The van der Waals surface area contributed by atoms with Crippen molar-refractivity contribution < 1.29 is 28.0 Å². The van der Waals surface area contributed by atoms with Gasteiger partial charge in [0, 0.05) is 20.1 Å². The molecule has 1 N–H and O–H groups in total. The highest BCUT2D eigenvalue weighted by atomic mass is 31.2. The molecule has 1 unspecified atom stereocenters. The Kier molecular flexibility index (Phi) is 11.1. The fourth-order valence-corrected chi connectivity index (χ4v) is 2.05. The third-order valence-electron chi connectivity index (χ3n) is 2.35. The summed E-state index contributed by atoms with van der Waals surface area (Å²) < 4.78 is 25.6. The molecule has 0 aromatic rings. The first kappa shape index (κ1) is 18.5. The number of hydrogen-bond donors (Lipinski definition) is 1. The second-order valence-corrected chi connectivity index (χ2v) is 5.49. The number of unbranched alkanes of at least 4 members (excludes halogenated alkanes) is 3. The highest BCUT2D eigenvalue weighted by Crippen LogP contribution is 2.48. The predicted molar refractivity (Wildman–Crippen MR) is 70.4 cm³/mol. The molecule has 1 amide bonds. The van der Waals surface area contributed by atoms with Crippen molar-refractivity contribution in [2.24, 2.45) is 0 Å². The lowest BCUT2D eigenvalue weighted by Crippen LogP contribution is -2.23. The van der Waals surface area contributed by atoms with E-state index in [1.807, 2.05) is 6.92 Å². The van der Waals surface area contributed by atoms with E-state index in [0.29, 0.717) is 13.0 Å². The summed E-state index contributed by atoms with van der Waals surface area (Å²) in [5.74, 6) is 0.0704. The van der Waals surface area contributed by atoms with E-state index in [1.54, 1.807) is 0 Å². The standard InChI is InChI=1S/C11H24NO6P/c1-4-11(13)12-9-7-5-6-8-10-17-19(14,16-3)18-15-2/h4-10H2,1-3H3,(H,12,13). The van der Waals surface area contributed by atoms with Gasteiger partial charge in [0.15, 0.2) is 0 Å². The van der Waals surface area contributed by atoms with Crippen molar-refractivity contribution in [1.29, 1.82) is 0 Å². The SMILES string of the molecule is CCC(=O)NCCCCCCOP(=O)(OC)OOC. The van der Waals surface area contributed by atoms with E-state index in [9.17, 15) is 9.36 Å². The van der Waals surface area contributed by atoms with E-state index in [1.165, 1.54) is 14.2 Å². The average Bonchev–Trinajstić information content (AvgIpc) is 2.41. The second kappa shape index (κ2) is 11.4. The molecule has 114 valence electrons. The molecule has 0 aliphatic carbocycles. The van der Waals surface area contributed by atoms with Gasteiger partial charge in [-0.3, -0.25) is 13.8 Å². The van der Waals surface area contributed by atoms with E-state index in [-0.39, 0.29) is 12.5 Å². The highest BCUT2D eigenvalue weighted by Gasteiger charge is 2.25. The van der Waals surface area contributed by atoms with E-state index < -0.39 is 7.82 Å². The maximum absolute atomic E-state index is 11.6. The van der Waals surface area contributed by atoms with Crippen LogP contribution in [0.3, 0.4) is 0 Å². The molecule has 0 bridgehead atoms. The molecule has 0 fully saturated rings. The third kappa shape index (κ3) is 10.0. The lowest BCUT2D eigenvalue weighted by Gasteiger charge is -2.13. The quantitative estimate of drug-likeness (QED) is 0.258. The number of hydrogen-bond acceptors (Lipinski definition) is 6. The van der Waals surface area contributed by atoms with Gasteiger partial charge in [-0.05, 0) is 12.8 Å². The Morgan fingerprint density at radius 1 is 1.16 bits per heavy atom. The molecule has 0 saturated carbocycles. The van der Waals surface area contributed by atoms with Crippen LogP contribution in [0.4, 0.5) is 0 Å². The van der Waals surface area contributed by atoms with Crippen LogP contribution in [0.25, 0.3) is 0 Å². The number of nitrogens with one attached hydrogen (secondary N) is 1. The molecule has 0 radical (unpaired) electrons. The molecule has 0 aromatic carbocycles. The second-order valence-electron chi connectivity index (χ2n) is 3.82. The van der Waals surface area contributed by atoms with Crippen LogP contribution in [-0.2, 0) is 28.0 Å². The monoisotopic (exact) mass is 297 g/mol. The normalized spacial score (nSPS) is 14.1. The van der Waals surface area contributed by atoms with Crippen LogP contribution in [0.2, 0.25) is 0 Å². The fraction of sp³-hybridized carbons (Fsp3) is 0.909. The summed E-state index contributed by atoms with van der Waals surface area (Å²) in [6.45, 7) is 2.79. The van der Waals surface area contributed by atoms with E-state index in [2.05, 4.69) is 19.4 Å². The van der Waals surface area contributed by atoms with Crippen LogP contribution >= 0.6 is 7.82 Å². The molecule has 0 spiro atoms. The summed E-state index contributed by atoms with van der Waals surface area (Å²) >= 11 is 0. The molecular formula is C11H24NO6P. The van der Waals surface area contributed by atoms with Crippen molar-refractivity contribution in [2.45, 2.75) is 39.0 Å². The van der Waals surface area contributed by atoms with Crippen LogP contribution in [0.15, 0.2) is 0 Å². The van der Waals surface area contributed by atoms with Gasteiger partial charge in [-0.1, -0.05) is 19.8 Å². The molecular weight excluding hydrogens is 273 g/mol. The van der Waals surface area contributed by atoms with E-state index in [0.717, 1.165) is 25.7 Å². The molecule has 0 aliphatic rings. The van der Waals surface area contributed by atoms with Crippen molar-refractivity contribution in [3.63, 3.8) is 0 Å². The Morgan fingerprint density at radius 3 is 2.42 bits per heavy atom. The zero-order valence-corrected chi connectivity index (χ0v) is 12.7. The Hall–Kier alpha value is -0.460. The first-order valence-electron chi connectivity index (χ1n) is 6.37. The minimum Gasteiger partial charge on any atom is -0.356 e. The van der Waals surface area contributed by atoms with Crippen LogP contribution in [0, 0.1) is 0 Å². The molecule has 0 aromatic heterocycles. The fourth-order valence-electron chi connectivity index (χ4n) is 1.31. The summed E-state index contributed by atoms with van der Waals surface area (Å²) in [4.78, 5) is 15.2. The zero-order valence-electron chi connectivity index (χ0n) is 11.8.